The number of anilines is 3. The fourth-order valence-electron chi connectivity index (χ4n) is 10.2. The van der Waals surface area contributed by atoms with Crippen LogP contribution in [0.4, 0.5) is 17.1 Å². The summed E-state index contributed by atoms with van der Waals surface area (Å²) in [6.07, 6.45) is 1.04. The van der Waals surface area contributed by atoms with Gasteiger partial charge in [0.2, 0.25) is 29.1 Å². The van der Waals surface area contributed by atoms with E-state index < -0.39 is 29.1 Å². The summed E-state index contributed by atoms with van der Waals surface area (Å²) < 4.78 is 94.6. The van der Waals surface area contributed by atoms with Gasteiger partial charge in [0.25, 0.3) is 6.47 Å². The van der Waals surface area contributed by atoms with Crippen molar-refractivity contribution >= 4 is 119 Å². The zero-order valence-corrected chi connectivity index (χ0v) is 62.9. The Bertz CT molecular complexity index is 4490. The van der Waals surface area contributed by atoms with Gasteiger partial charge in [-0.25, -0.2) is 25.3 Å². The van der Waals surface area contributed by atoms with Gasteiger partial charge in [0, 0.05) is 94.4 Å². The molecular weight excluding hydrogens is 1380 g/mol. The molecule has 0 bridgehead atoms. The number of ether oxygens (including phenoxy) is 3. The number of halogens is 3. The molecule has 21 nitrogen and oxygen atoms in total. The minimum atomic E-state index is -3.43. The second-order valence-electron chi connectivity index (χ2n) is 19.5. The fourth-order valence-corrected chi connectivity index (χ4v) is 14.5. The number of nitrogens with one attached hydrogen (secondary N) is 1. The molecule has 9 aromatic rings. The molecule has 6 aromatic carbocycles. The van der Waals surface area contributed by atoms with E-state index in [1.807, 2.05) is 129 Å². The molecule has 0 saturated carbocycles. The fraction of sp³-hybridized carbons (Fsp3) is 0.292. The van der Waals surface area contributed by atoms with E-state index >= 15 is 0 Å². The van der Waals surface area contributed by atoms with Crippen LogP contribution in [-0.2, 0) is 58.4 Å². The topological polar surface area (TPSA) is 307 Å². The molecule has 0 unspecified atom stereocenters. The maximum absolute atomic E-state index is 12.2. The van der Waals surface area contributed by atoms with Crippen LogP contribution in [0.25, 0.3) is 66.5 Å². The Morgan fingerprint density at radius 3 is 1.26 bits per heavy atom. The number of fused-ring (bicyclic) bond motifs is 3. The third-order valence-corrected chi connectivity index (χ3v) is 19.2. The van der Waals surface area contributed by atoms with Crippen molar-refractivity contribution in [3.8, 4) is 69.2 Å². The van der Waals surface area contributed by atoms with Crippen LogP contribution in [-0.4, -0.2) is 102 Å². The van der Waals surface area contributed by atoms with Crippen LogP contribution in [0.2, 0.25) is 0 Å². The van der Waals surface area contributed by atoms with E-state index in [2.05, 4.69) is 48.4 Å². The molecule has 4 heterocycles. The predicted octanol–water partition coefficient (Wildman–Crippen LogP) is 6.74. The van der Waals surface area contributed by atoms with Crippen LogP contribution in [0.1, 0.15) is 66.6 Å². The summed E-state index contributed by atoms with van der Waals surface area (Å²) in [7, 11) is -0.378. The number of alkyl halides is 2. The number of benzene rings is 6. The summed E-state index contributed by atoms with van der Waals surface area (Å²) in [4.78, 5) is 11.2. The zero-order valence-electron chi connectivity index (χ0n) is 52.9. The average Bonchev–Trinajstić information content (AvgIpc) is 1.63. The number of nitriles is 3. The van der Waals surface area contributed by atoms with Crippen molar-refractivity contribution < 1.29 is 159 Å². The van der Waals surface area contributed by atoms with Gasteiger partial charge < -0.3 is 45.2 Å². The van der Waals surface area contributed by atoms with Crippen molar-refractivity contribution in [2.75, 3.05) is 71.7 Å². The van der Waals surface area contributed by atoms with Crippen molar-refractivity contribution in [3.63, 3.8) is 0 Å². The minimum absolute atomic E-state index is 0. The monoisotopic (exact) mass is 1450 g/mol. The van der Waals surface area contributed by atoms with Gasteiger partial charge in [-0.1, -0.05) is 51.3 Å². The Morgan fingerprint density at radius 1 is 0.617 bits per heavy atom. The molecule has 1 saturated heterocycles. The van der Waals surface area contributed by atoms with Gasteiger partial charge >= 0.3 is 103 Å². The number of nitrogen functional groups attached to an aromatic ring is 1. The predicted molar refractivity (Wildman–Crippen MR) is 368 cm³/mol. The van der Waals surface area contributed by atoms with E-state index in [-0.39, 0.29) is 149 Å². The van der Waals surface area contributed by atoms with Crippen LogP contribution in [0.3, 0.4) is 0 Å². The maximum Gasteiger partial charge on any atom is 1.00 e. The van der Waals surface area contributed by atoms with E-state index in [1.54, 1.807) is 33.5 Å². The quantitative estimate of drug-likeness (QED) is 0.0171. The summed E-state index contributed by atoms with van der Waals surface area (Å²) in [5.74, 6) is 2.62. The van der Waals surface area contributed by atoms with Crippen LogP contribution in [0, 0.1) is 34.0 Å². The Labute approximate surface area is 651 Å². The summed E-state index contributed by atoms with van der Waals surface area (Å²) in [5.41, 5.74) is 17.6. The molecule has 0 atom stereocenters. The average molecular weight is 1450 g/mol. The molecule has 1 fully saturated rings. The number of nitrogens with two attached hydrogens (primary N) is 1. The standard InChI is InChI=1S/C21H22ClN3O3S.C21H21N3O3S.C18H17N3O.C2H4Cl2O2S.CH2O3.2CH4.2K.H/c1-3-25-20-13-17(28-2)9-10-18(20)19(14-23)21(25)15-5-7-16(8-6-15)24-29(26,27)12-4-11-22;1-3-23-20-13-17(27-2)9-10-18(20)19(14-22)21(23)15-5-7-16(8-6-15)24-11-4-12-28(24,25)26;1-3-21-17-10-14(22-2)8-9-15(17)16(11-19)18(21)12-4-6-13(20)7-5-12;3-1-2-7(4,5)6;2-1-4-3;;;;;/h5-10,13,24H,3-4,11-12H2,1-2H3;5-10,13H,3-4,11-12H2,1-2H3;4-10H,3,20H2,1-2H3;1-2H2;1,3H;2*1H4;;;/q;;;;;;;2*+1;-1/p-1. The second-order valence-corrected chi connectivity index (χ2v) is 27.0. The smallest absolute Gasteiger partial charge is 1.00 e. The van der Waals surface area contributed by atoms with Gasteiger partial charge in [0.15, 0.2) is 0 Å². The summed E-state index contributed by atoms with van der Waals surface area (Å²) >= 11 is 10.6. The van der Waals surface area contributed by atoms with Crippen molar-refractivity contribution in [2.24, 2.45) is 0 Å². The Kier molecular flexibility index (Phi) is 35.8. The zero-order chi connectivity index (χ0) is 65.9. The molecule has 0 radical (unpaired) electrons. The molecule has 3 N–H and O–H groups in total. The van der Waals surface area contributed by atoms with E-state index in [1.165, 1.54) is 4.31 Å². The van der Waals surface area contributed by atoms with Crippen molar-refractivity contribution in [3.05, 3.63) is 144 Å². The van der Waals surface area contributed by atoms with Crippen LogP contribution in [0.15, 0.2) is 127 Å². The number of carbonyl (C=O) groups excluding carboxylic acids is 1. The first-order valence-electron chi connectivity index (χ1n) is 27.8. The van der Waals surface area contributed by atoms with Gasteiger partial charge in [-0.15, -0.1) is 23.2 Å². The van der Waals surface area contributed by atoms with Crippen molar-refractivity contribution in [1.82, 2.24) is 13.7 Å². The number of hydrogen-bond acceptors (Lipinski definition) is 16. The van der Waals surface area contributed by atoms with Crippen molar-refractivity contribution in [2.45, 2.75) is 68.1 Å². The van der Waals surface area contributed by atoms with Gasteiger partial charge in [-0.3, -0.25) is 13.8 Å². The van der Waals surface area contributed by atoms with Gasteiger partial charge in [-0.2, -0.15) is 15.8 Å². The third kappa shape index (κ3) is 21.1. The molecule has 1 aliphatic heterocycles. The second kappa shape index (κ2) is 39.7. The van der Waals surface area contributed by atoms with Gasteiger partial charge in [0.05, 0.1) is 94.6 Å². The molecule has 10 rings (SSSR count). The molecule has 0 aliphatic carbocycles. The van der Waals surface area contributed by atoms with Gasteiger partial charge in [-0.05, 0) is 123 Å². The van der Waals surface area contributed by atoms with E-state index in [0.29, 0.717) is 72.1 Å². The molecule has 0 spiro atoms. The number of rotatable bonds is 18. The van der Waals surface area contributed by atoms with Crippen LogP contribution < -0.4 is 137 Å². The SMILES string of the molecule is C.C.CCn1c(-c2ccc(N)cc2)c(C#N)c2ccc(OC)cc21.CCn1c(-c2ccc(N3CCCS3(=O)=O)cc2)c(C#N)c2ccc(OC)cc21.CCn1c(-c2ccc(NS(=O)(=O)CCCCl)cc2)c(C#N)c2ccc(OC)cc21.O=CO[O-].O=S(=O)(Cl)CCCl.[H-].[K+].[K+]. The number of aromatic nitrogens is 3. The first-order chi connectivity index (χ1) is 43.1. The largest absolute Gasteiger partial charge is 1.00 e. The molecule has 29 heteroatoms. The first-order valence-corrected chi connectivity index (χ1v) is 34.6. The Hall–Kier alpha value is -5.37. The third-order valence-electron chi connectivity index (χ3n) is 14.2. The minimum Gasteiger partial charge on any atom is -1.00 e. The van der Waals surface area contributed by atoms with Gasteiger partial charge in [0.1, 0.15) is 35.5 Å². The Balaban J connectivity index is 0.000000647. The summed E-state index contributed by atoms with van der Waals surface area (Å²) in [5, 5.41) is 40.4. The first kappa shape index (κ1) is 84.7. The number of methoxy groups -OCH3 is 3. The molecule has 1 aliphatic rings. The molecule has 492 valence electrons. The van der Waals surface area contributed by atoms with Crippen LogP contribution >= 0.6 is 33.9 Å². The number of sulfonamides is 2. The van der Waals surface area contributed by atoms with E-state index in [4.69, 9.17) is 63.9 Å². The summed E-state index contributed by atoms with van der Waals surface area (Å²) in [6, 6.07) is 46.2. The number of hydrogen-bond donors (Lipinski definition) is 2. The number of carbonyl (C=O) groups is 1. The van der Waals surface area contributed by atoms with E-state index in [0.717, 1.165) is 90.3 Å². The molecule has 94 heavy (non-hydrogen) atoms. The maximum atomic E-state index is 12.2. The molecule has 0 amide bonds. The summed E-state index contributed by atoms with van der Waals surface area (Å²) in [6.45, 7) is 8.60. The number of nitrogens with zero attached hydrogens (tertiary/aromatic N) is 7. The van der Waals surface area contributed by atoms with E-state index in [9.17, 15) is 41.0 Å². The van der Waals surface area contributed by atoms with Crippen LogP contribution in [0.5, 0.6) is 17.2 Å². The number of aryl methyl sites for hydroxylation is 3. The van der Waals surface area contributed by atoms with Crippen molar-refractivity contribution in [1.29, 1.82) is 15.8 Å². The Morgan fingerprint density at radius 2 is 0.979 bits per heavy atom. The normalized spacial score (nSPS) is 11.8. The molecular formula is C65H74Cl3K2N9O12S3. The molecule has 3 aromatic heterocycles.